The maximum Gasteiger partial charge on any atom is 0.0589 e. The fourth-order valence-electron chi connectivity index (χ4n) is 2.47. The zero-order valence-corrected chi connectivity index (χ0v) is 11.3. The molecular formula is C14H28N2O. The van der Waals surface area contributed by atoms with Gasteiger partial charge in [0.2, 0.25) is 0 Å². The Kier molecular flexibility index (Phi) is 8.32. The van der Waals surface area contributed by atoms with E-state index in [1.54, 1.807) is 7.11 Å². The molecule has 1 aliphatic heterocycles. The molecule has 1 fully saturated rings. The van der Waals surface area contributed by atoms with Crippen LogP contribution in [-0.2, 0) is 4.74 Å². The minimum atomic E-state index is 0.818. The largest absolute Gasteiger partial charge is 0.383 e. The van der Waals surface area contributed by atoms with Crippen LogP contribution in [0, 0.1) is 5.92 Å². The van der Waals surface area contributed by atoms with E-state index < -0.39 is 0 Å². The number of hydrogen-bond acceptors (Lipinski definition) is 3. The molecule has 1 heterocycles. The van der Waals surface area contributed by atoms with Crippen LogP contribution >= 0.6 is 0 Å². The maximum atomic E-state index is 5.13. The van der Waals surface area contributed by atoms with Crippen molar-refractivity contribution < 1.29 is 4.74 Å². The monoisotopic (exact) mass is 240 g/mol. The number of ether oxygens (including phenoxy) is 1. The average Bonchev–Trinajstić information content (AvgIpc) is 2.37. The second-order valence-electron chi connectivity index (χ2n) is 4.94. The first-order valence-corrected chi connectivity index (χ1v) is 6.89. The van der Waals surface area contributed by atoms with Crippen LogP contribution in [0.4, 0.5) is 0 Å². The van der Waals surface area contributed by atoms with Crippen LogP contribution in [0.3, 0.4) is 0 Å². The highest BCUT2D eigenvalue weighted by molar-refractivity contribution is 4.74. The van der Waals surface area contributed by atoms with E-state index in [2.05, 4.69) is 16.8 Å². The minimum Gasteiger partial charge on any atom is -0.383 e. The number of hydrogen-bond donors (Lipinski definition) is 1. The molecule has 3 nitrogen and oxygen atoms in total. The van der Waals surface area contributed by atoms with Gasteiger partial charge < -0.3 is 10.1 Å². The van der Waals surface area contributed by atoms with Gasteiger partial charge in [-0.05, 0) is 51.2 Å². The number of methoxy groups -OCH3 is 1. The summed E-state index contributed by atoms with van der Waals surface area (Å²) in [6, 6.07) is 0. The maximum absolute atomic E-state index is 5.13. The Labute approximate surface area is 106 Å². The van der Waals surface area contributed by atoms with Gasteiger partial charge in [0.15, 0.2) is 0 Å². The van der Waals surface area contributed by atoms with E-state index in [1.807, 2.05) is 6.08 Å². The molecule has 0 aromatic heterocycles. The normalized spacial score (nSPS) is 20.7. The standard InChI is InChI=1S/C14H28N2O/c1-3-9-16(11-12-17-2)10-5-7-14-6-4-8-15-13-14/h3,14-15H,1,4-13H2,2H3. The van der Waals surface area contributed by atoms with E-state index in [1.165, 1.54) is 45.3 Å². The fraction of sp³-hybridized carbons (Fsp3) is 0.857. The molecule has 17 heavy (non-hydrogen) atoms. The number of piperidine rings is 1. The highest BCUT2D eigenvalue weighted by Crippen LogP contribution is 2.15. The summed E-state index contributed by atoms with van der Waals surface area (Å²) in [6.07, 6.45) is 7.40. The lowest BCUT2D eigenvalue weighted by atomic mass is 9.94. The second kappa shape index (κ2) is 9.63. The lowest BCUT2D eigenvalue weighted by Gasteiger charge is -2.25. The lowest BCUT2D eigenvalue weighted by molar-refractivity contribution is 0.151. The Morgan fingerprint density at radius 1 is 1.47 bits per heavy atom. The molecule has 1 rings (SSSR count). The summed E-state index contributed by atoms with van der Waals surface area (Å²) in [5, 5.41) is 3.48. The molecule has 0 saturated carbocycles. The Morgan fingerprint density at radius 3 is 3.00 bits per heavy atom. The highest BCUT2D eigenvalue weighted by Gasteiger charge is 2.12. The smallest absolute Gasteiger partial charge is 0.0589 e. The molecule has 0 radical (unpaired) electrons. The summed E-state index contributed by atoms with van der Waals surface area (Å²) in [7, 11) is 1.76. The first-order valence-electron chi connectivity index (χ1n) is 6.89. The van der Waals surface area contributed by atoms with E-state index in [9.17, 15) is 0 Å². The molecule has 0 aliphatic carbocycles. The van der Waals surface area contributed by atoms with E-state index in [0.717, 1.165) is 25.6 Å². The van der Waals surface area contributed by atoms with Crippen molar-refractivity contribution in [3.05, 3.63) is 12.7 Å². The summed E-state index contributed by atoms with van der Waals surface area (Å²) >= 11 is 0. The molecule has 100 valence electrons. The number of nitrogens with zero attached hydrogens (tertiary/aromatic N) is 1. The third-order valence-corrected chi connectivity index (χ3v) is 3.48. The summed E-state index contributed by atoms with van der Waals surface area (Å²) in [4.78, 5) is 2.42. The van der Waals surface area contributed by atoms with Gasteiger partial charge in [0.1, 0.15) is 0 Å². The quantitative estimate of drug-likeness (QED) is 0.623. The average molecular weight is 240 g/mol. The van der Waals surface area contributed by atoms with Crippen LogP contribution in [-0.4, -0.2) is 51.3 Å². The predicted octanol–water partition coefficient (Wildman–Crippen LogP) is 1.90. The van der Waals surface area contributed by atoms with E-state index in [4.69, 9.17) is 4.74 Å². The van der Waals surface area contributed by atoms with Crippen molar-refractivity contribution in [2.75, 3.05) is 46.4 Å². The van der Waals surface area contributed by atoms with E-state index in [0.29, 0.717) is 0 Å². The summed E-state index contributed by atoms with van der Waals surface area (Å²) < 4.78 is 5.13. The Hall–Kier alpha value is -0.380. The van der Waals surface area contributed by atoms with Crippen molar-refractivity contribution in [3.63, 3.8) is 0 Å². The van der Waals surface area contributed by atoms with E-state index >= 15 is 0 Å². The van der Waals surface area contributed by atoms with Crippen molar-refractivity contribution in [3.8, 4) is 0 Å². The minimum absolute atomic E-state index is 0.818. The van der Waals surface area contributed by atoms with Gasteiger partial charge in [0.25, 0.3) is 0 Å². The summed E-state index contributed by atoms with van der Waals surface area (Å²) in [6.45, 7) is 10.2. The topological polar surface area (TPSA) is 24.5 Å². The van der Waals surface area contributed by atoms with Gasteiger partial charge >= 0.3 is 0 Å². The molecule has 3 heteroatoms. The van der Waals surface area contributed by atoms with Crippen LogP contribution in [0.25, 0.3) is 0 Å². The Bertz CT molecular complexity index is 191. The zero-order valence-electron chi connectivity index (χ0n) is 11.3. The van der Waals surface area contributed by atoms with Gasteiger partial charge in [0.05, 0.1) is 6.61 Å². The van der Waals surface area contributed by atoms with Gasteiger partial charge in [0, 0.05) is 20.2 Å². The van der Waals surface area contributed by atoms with Crippen LogP contribution < -0.4 is 5.32 Å². The third kappa shape index (κ3) is 6.81. The molecule has 0 amide bonds. The molecule has 1 atom stereocenters. The molecule has 1 aliphatic rings. The van der Waals surface area contributed by atoms with Crippen molar-refractivity contribution in [1.29, 1.82) is 0 Å². The summed E-state index contributed by atoms with van der Waals surface area (Å²) in [5.41, 5.74) is 0. The predicted molar refractivity (Wildman–Crippen MR) is 73.3 cm³/mol. The van der Waals surface area contributed by atoms with Crippen LogP contribution in [0.2, 0.25) is 0 Å². The SMILES string of the molecule is C=CCN(CCCC1CCCNC1)CCOC. The third-order valence-electron chi connectivity index (χ3n) is 3.48. The zero-order chi connectivity index (χ0) is 12.3. The van der Waals surface area contributed by atoms with Gasteiger partial charge in [-0.1, -0.05) is 6.08 Å². The lowest BCUT2D eigenvalue weighted by Crippen LogP contribution is -2.32. The molecule has 1 unspecified atom stereocenters. The number of rotatable bonds is 9. The van der Waals surface area contributed by atoms with Crippen molar-refractivity contribution in [2.24, 2.45) is 5.92 Å². The molecular weight excluding hydrogens is 212 g/mol. The molecule has 0 spiro atoms. The highest BCUT2D eigenvalue weighted by atomic mass is 16.5. The van der Waals surface area contributed by atoms with Crippen LogP contribution in [0.5, 0.6) is 0 Å². The van der Waals surface area contributed by atoms with E-state index in [-0.39, 0.29) is 0 Å². The molecule has 0 aromatic rings. The second-order valence-corrected chi connectivity index (χ2v) is 4.94. The summed E-state index contributed by atoms with van der Waals surface area (Å²) in [5.74, 6) is 0.900. The van der Waals surface area contributed by atoms with Gasteiger partial charge in [-0.2, -0.15) is 0 Å². The first kappa shape index (κ1) is 14.7. The van der Waals surface area contributed by atoms with Gasteiger partial charge in [-0.3, -0.25) is 4.90 Å². The molecule has 1 saturated heterocycles. The van der Waals surface area contributed by atoms with Crippen molar-refractivity contribution in [1.82, 2.24) is 10.2 Å². The fourth-order valence-corrected chi connectivity index (χ4v) is 2.47. The molecule has 1 N–H and O–H groups in total. The van der Waals surface area contributed by atoms with Crippen molar-refractivity contribution in [2.45, 2.75) is 25.7 Å². The Morgan fingerprint density at radius 2 is 2.35 bits per heavy atom. The van der Waals surface area contributed by atoms with Crippen molar-refractivity contribution >= 4 is 0 Å². The number of nitrogens with one attached hydrogen (secondary N) is 1. The van der Waals surface area contributed by atoms with Crippen LogP contribution in [0.1, 0.15) is 25.7 Å². The molecule has 0 bridgehead atoms. The van der Waals surface area contributed by atoms with Gasteiger partial charge in [-0.25, -0.2) is 0 Å². The first-order chi connectivity index (χ1) is 8.36. The van der Waals surface area contributed by atoms with Gasteiger partial charge in [-0.15, -0.1) is 6.58 Å². The molecule has 0 aromatic carbocycles. The van der Waals surface area contributed by atoms with Crippen LogP contribution in [0.15, 0.2) is 12.7 Å². The Balaban J connectivity index is 2.09.